The molecule has 0 saturated heterocycles. The lowest BCUT2D eigenvalue weighted by Gasteiger charge is -2.04. The SMILES string of the molecule is CC(C)N=C(N)c1ccc(O)c(O)c1. The van der Waals surface area contributed by atoms with Crippen molar-refractivity contribution in [3.63, 3.8) is 0 Å². The molecule has 0 aliphatic carbocycles. The number of amidine groups is 1. The van der Waals surface area contributed by atoms with Crippen molar-refractivity contribution in [3.05, 3.63) is 23.8 Å². The van der Waals surface area contributed by atoms with E-state index in [4.69, 9.17) is 10.8 Å². The summed E-state index contributed by atoms with van der Waals surface area (Å²) >= 11 is 0. The average Bonchev–Trinajstić information content (AvgIpc) is 2.08. The zero-order valence-electron chi connectivity index (χ0n) is 8.23. The number of nitrogens with two attached hydrogens (primary N) is 1. The first-order valence-corrected chi connectivity index (χ1v) is 4.36. The molecule has 4 nitrogen and oxygen atoms in total. The van der Waals surface area contributed by atoms with E-state index in [2.05, 4.69) is 4.99 Å². The lowest BCUT2D eigenvalue weighted by molar-refractivity contribution is 0.403. The molecule has 0 atom stereocenters. The Hall–Kier alpha value is -1.71. The third-order valence-electron chi connectivity index (χ3n) is 1.67. The summed E-state index contributed by atoms with van der Waals surface area (Å²) < 4.78 is 0. The molecule has 0 aliphatic heterocycles. The maximum atomic E-state index is 9.22. The van der Waals surface area contributed by atoms with Gasteiger partial charge in [-0.2, -0.15) is 0 Å². The molecular weight excluding hydrogens is 180 g/mol. The molecule has 1 aromatic carbocycles. The summed E-state index contributed by atoms with van der Waals surface area (Å²) in [6.45, 7) is 3.82. The maximum Gasteiger partial charge on any atom is 0.158 e. The number of aliphatic imine (C=N–C) groups is 1. The lowest BCUT2D eigenvalue weighted by atomic mass is 10.2. The maximum absolute atomic E-state index is 9.22. The Balaban J connectivity index is 3.03. The van der Waals surface area contributed by atoms with Gasteiger partial charge in [-0.25, -0.2) is 0 Å². The van der Waals surface area contributed by atoms with Crippen molar-refractivity contribution in [2.75, 3.05) is 0 Å². The molecule has 0 unspecified atom stereocenters. The van der Waals surface area contributed by atoms with E-state index in [1.807, 2.05) is 13.8 Å². The van der Waals surface area contributed by atoms with Crippen LogP contribution in [0.1, 0.15) is 19.4 Å². The molecule has 4 heteroatoms. The minimum atomic E-state index is -0.190. The van der Waals surface area contributed by atoms with Gasteiger partial charge in [0.15, 0.2) is 11.5 Å². The Kier molecular flexibility index (Phi) is 2.96. The quantitative estimate of drug-likeness (QED) is 0.376. The number of rotatable bonds is 2. The first kappa shape index (κ1) is 10.4. The van der Waals surface area contributed by atoms with E-state index in [1.165, 1.54) is 12.1 Å². The number of hydrogen-bond donors (Lipinski definition) is 3. The molecule has 1 aromatic rings. The Morgan fingerprint density at radius 2 is 1.93 bits per heavy atom. The lowest BCUT2D eigenvalue weighted by Crippen LogP contribution is -2.15. The summed E-state index contributed by atoms with van der Waals surface area (Å²) in [4.78, 5) is 4.12. The Labute approximate surface area is 82.7 Å². The highest BCUT2D eigenvalue weighted by Gasteiger charge is 2.03. The molecule has 1 rings (SSSR count). The van der Waals surface area contributed by atoms with Gasteiger partial charge in [0, 0.05) is 11.6 Å². The first-order valence-electron chi connectivity index (χ1n) is 4.36. The minimum Gasteiger partial charge on any atom is -0.504 e. The van der Waals surface area contributed by atoms with Gasteiger partial charge in [-0.1, -0.05) is 0 Å². The van der Waals surface area contributed by atoms with Crippen LogP contribution in [0.15, 0.2) is 23.2 Å². The molecule has 0 saturated carbocycles. The first-order chi connectivity index (χ1) is 6.50. The molecule has 0 heterocycles. The fourth-order valence-electron chi connectivity index (χ4n) is 1.04. The molecule has 0 fully saturated rings. The topological polar surface area (TPSA) is 78.8 Å². The van der Waals surface area contributed by atoms with E-state index in [-0.39, 0.29) is 17.5 Å². The zero-order chi connectivity index (χ0) is 10.7. The molecule has 14 heavy (non-hydrogen) atoms. The van der Waals surface area contributed by atoms with Crippen molar-refractivity contribution in [1.82, 2.24) is 0 Å². The van der Waals surface area contributed by atoms with Gasteiger partial charge in [0.1, 0.15) is 5.84 Å². The molecule has 0 spiro atoms. The van der Waals surface area contributed by atoms with Crippen LogP contribution in [0.25, 0.3) is 0 Å². The van der Waals surface area contributed by atoms with Crippen LogP contribution in [0, 0.1) is 0 Å². The highest BCUT2D eigenvalue weighted by Crippen LogP contribution is 2.24. The normalized spacial score (nSPS) is 12.1. The van der Waals surface area contributed by atoms with Gasteiger partial charge in [-0.05, 0) is 32.0 Å². The molecule has 76 valence electrons. The van der Waals surface area contributed by atoms with Gasteiger partial charge in [-0.15, -0.1) is 0 Å². The molecule has 0 aliphatic rings. The van der Waals surface area contributed by atoms with Gasteiger partial charge >= 0.3 is 0 Å². The van der Waals surface area contributed by atoms with E-state index < -0.39 is 0 Å². The number of hydrogen-bond acceptors (Lipinski definition) is 3. The number of phenols is 2. The van der Waals surface area contributed by atoms with E-state index in [0.717, 1.165) is 0 Å². The van der Waals surface area contributed by atoms with Crippen LogP contribution in [0.5, 0.6) is 11.5 Å². The number of benzene rings is 1. The van der Waals surface area contributed by atoms with E-state index in [9.17, 15) is 5.11 Å². The standard InChI is InChI=1S/C10H14N2O2/c1-6(2)12-10(11)7-3-4-8(13)9(14)5-7/h3-6,13-14H,1-2H3,(H2,11,12). The van der Waals surface area contributed by atoms with Crippen LogP contribution < -0.4 is 5.73 Å². The summed E-state index contributed by atoms with van der Waals surface area (Å²) in [6.07, 6.45) is 0. The monoisotopic (exact) mass is 194 g/mol. The van der Waals surface area contributed by atoms with Crippen molar-refractivity contribution in [1.29, 1.82) is 0 Å². The van der Waals surface area contributed by atoms with Crippen molar-refractivity contribution >= 4 is 5.84 Å². The predicted molar refractivity (Wildman–Crippen MR) is 55.6 cm³/mol. The van der Waals surface area contributed by atoms with Gasteiger partial charge in [-0.3, -0.25) is 4.99 Å². The van der Waals surface area contributed by atoms with Gasteiger partial charge in [0.25, 0.3) is 0 Å². The predicted octanol–water partition coefficient (Wildman–Crippen LogP) is 1.21. The smallest absolute Gasteiger partial charge is 0.158 e. The summed E-state index contributed by atoms with van der Waals surface area (Å²) in [5, 5.41) is 18.3. The molecule has 0 aromatic heterocycles. The summed E-state index contributed by atoms with van der Waals surface area (Å²) in [5.74, 6) is 0.00537. The van der Waals surface area contributed by atoms with Crippen LogP contribution in [0.4, 0.5) is 0 Å². The third kappa shape index (κ3) is 2.39. The molecular formula is C10H14N2O2. The summed E-state index contributed by atoms with van der Waals surface area (Å²) in [7, 11) is 0. The second kappa shape index (κ2) is 4.00. The van der Waals surface area contributed by atoms with Crippen LogP contribution in [-0.4, -0.2) is 22.1 Å². The van der Waals surface area contributed by atoms with Crippen LogP contribution in [-0.2, 0) is 0 Å². The van der Waals surface area contributed by atoms with E-state index in [0.29, 0.717) is 11.4 Å². The second-order valence-electron chi connectivity index (χ2n) is 3.31. The van der Waals surface area contributed by atoms with Crippen LogP contribution in [0.3, 0.4) is 0 Å². The minimum absolute atomic E-state index is 0.103. The van der Waals surface area contributed by atoms with Crippen molar-refractivity contribution in [2.45, 2.75) is 19.9 Å². The number of nitrogens with zero attached hydrogens (tertiary/aromatic N) is 1. The molecule has 0 bridgehead atoms. The Morgan fingerprint density at radius 3 is 2.43 bits per heavy atom. The van der Waals surface area contributed by atoms with Crippen molar-refractivity contribution in [2.24, 2.45) is 10.7 Å². The highest BCUT2D eigenvalue weighted by molar-refractivity contribution is 5.98. The number of aromatic hydroxyl groups is 2. The number of phenolic OH excluding ortho intramolecular Hbond substituents is 2. The Bertz CT molecular complexity index is 359. The van der Waals surface area contributed by atoms with Gasteiger partial charge < -0.3 is 15.9 Å². The zero-order valence-corrected chi connectivity index (χ0v) is 8.23. The van der Waals surface area contributed by atoms with Crippen molar-refractivity contribution in [3.8, 4) is 11.5 Å². The van der Waals surface area contributed by atoms with Crippen LogP contribution >= 0.6 is 0 Å². The molecule has 0 amide bonds. The fraction of sp³-hybridized carbons (Fsp3) is 0.300. The third-order valence-corrected chi connectivity index (χ3v) is 1.67. The van der Waals surface area contributed by atoms with E-state index in [1.54, 1.807) is 6.07 Å². The Morgan fingerprint density at radius 1 is 1.29 bits per heavy atom. The van der Waals surface area contributed by atoms with Gasteiger partial charge in [0.2, 0.25) is 0 Å². The van der Waals surface area contributed by atoms with Gasteiger partial charge in [0.05, 0.1) is 0 Å². The van der Waals surface area contributed by atoms with E-state index >= 15 is 0 Å². The second-order valence-corrected chi connectivity index (χ2v) is 3.31. The molecule has 0 radical (unpaired) electrons. The largest absolute Gasteiger partial charge is 0.504 e. The van der Waals surface area contributed by atoms with Crippen LogP contribution in [0.2, 0.25) is 0 Å². The summed E-state index contributed by atoms with van der Waals surface area (Å²) in [6, 6.07) is 4.48. The average molecular weight is 194 g/mol. The highest BCUT2D eigenvalue weighted by atomic mass is 16.3. The van der Waals surface area contributed by atoms with Crippen molar-refractivity contribution < 1.29 is 10.2 Å². The molecule has 4 N–H and O–H groups in total. The fourth-order valence-corrected chi connectivity index (χ4v) is 1.04. The summed E-state index contributed by atoms with van der Waals surface area (Å²) in [5.41, 5.74) is 6.28.